The van der Waals surface area contributed by atoms with Crippen LogP contribution >= 0.6 is 0 Å². The molecule has 0 atom stereocenters. The quantitative estimate of drug-likeness (QED) is 0.426. The van der Waals surface area contributed by atoms with Crippen LogP contribution in [0, 0.1) is 0 Å². The molecule has 0 aliphatic heterocycles. The molecule has 0 aliphatic carbocycles. The van der Waals surface area contributed by atoms with Crippen molar-refractivity contribution in [3.8, 4) is 0 Å². The van der Waals surface area contributed by atoms with Gasteiger partial charge in [0.1, 0.15) is 0 Å². The predicted molar refractivity (Wildman–Crippen MR) is 21.6 cm³/mol. The van der Waals surface area contributed by atoms with E-state index in [4.69, 9.17) is 9.90 Å². The van der Waals surface area contributed by atoms with Crippen LogP contribution in [0.2, 0.25) is 0 Å². The van der Waals surface area contributed by atoms with Crippen molar-refractivity contribution in [1.82, 2.24) is 0 Å². The third kappa shape index (κ3) is 62.3. The summed E-state index contributed by atoms with van der Waals surface area (Å²) in [7, 11) is 3.25. The van der Waals surface area contributed by atoms with E-state index in [0.29, 0.717) is 0 Å². The maximum atomic E-state index is 8.36. The van der Waals surface area contributed by atoms with Crippen LogP contribution in [0.25, 0.3) is 0 Å². The second-order valence-electron chi connectivity index (χ2n) is 0.514. The van der Waals surface area contributed by atoms with Crippen LogP contribution in [-0.4, -0.2) is 25.8 Å². The summed E-state index contributed by atoms with van der Waals surface area (Å²) in [6.07, 6.45) is 0. The summed E-state index contributed by atoms with van der Waals surface area (Å²) in [6, 6.07) is 0. The number of hydrogen-bond donors (Lipinski definition) is 1. The summed E-state index contributed by atoms with van der Waals surface area (Å²) in [4.78, 5) is 8.36. The topological polar surface area (TPSA) is 46.5 Å². The Labute approximate surface area is 36.5 Å². The van der Waals surface area contributed by atoms with Crippen LogP contribution < -0.4 is 0 Å². The number of rotatable bonds is 0. The summed E-state index contributed by atoms with van der Waals surface area (Å²) < 4.78 is 4.25. The van der Waals surface area contributed by atoms with Crippen LogP contribution in [0.5, 0.6) is 0 Å². The van der Waals surface area contributed by atoms with Crippen molar-refractivity contribution in [2.45, 2.75) is 0 Å². The minimum Gasteiger partial charge on any atom is -0.483 e. The van der Waals surface area contributed by atoms with Crippen LogP contribution in [0.15, 0.2) is 0 Å². The Morgan fingerprint density at radius 2 is 1.67 bits per heavy atom. The lowest BCUT2D eigenvalue weighted by Crippen LogP contribution is -1.55. The molecule has 0 fully saturated rings. The summed E-state index contributed by atoms with van der Waals surface area (Å²) in [5.74, 6) is 0. The molecule has 0 unspecified atom stereocenters. The van der Waals surface area contributed by atoms with Crippen molar-refractivity contribution in [3.05, 3.63) is 0 Å². The number of carboxylic acid groups (broad SMARTS) is 1. The van der Waals surface area contributed by atoms with Gasteiger partial charge in [0.15, 0.2) is 0 Å². The normalized spacial score (nSPS) is 5.00. The summed E-state index contributed by atoms with van der Waals surface area (Å²) in [6.45, 7) is -0.250. The number of ether oxygens (including phenoxy) is 1. The Morgan fingerprint density at radius 1 is 1.67 bits per heavy atom. The van der Waals surface area contributed by atoms with E-state index in [9.17, 15) is 0 Å². The zero-order chi connectivity index (χ0) is 5.41. The lowest BCUT2D eigenvalue weighted by atomic mass is 11.6. The molecule has 3 heteroatoms. The van der Waals surface area contributed by atoms with Gasteiger partial charge >= 0.3 is 0 Å². The van der Waals surface area contributed by atoms with Gasteiger partial charge in [-0.2, -0.15) is 0 Å². The molecule has 1 N–H and O–H groups in total. The van der Waals surface area contributed by atoms with Crippen molar-refractivity contribution >= 4 is 6.47 Å². The van der Waals surface area contributed by atoms with E-state index in [-0.39, 0.29) is 6.47 Å². The number of methoxy groups -OCH3 is 1. The van der Waals surface area contributed by atoms with Gasteiger partial charge in [-0.15, -0.1) is 0 Å². The third-order valence-corrected chi connectivity index (χ3v) is 0. The van der Waals surface area contributed by atoms with Gasteiger partial charge in [0.25, 0.3) is 6.47 Å². The monoisotopic (exact) mass is 92.0 g/mol. The fraction of sp³-hybridized carbons (Fsp3) is 0.667. The molecule has 0 aromatic carbocycles. The maximum Gasteiger partial charge on any atom is 0.290 e. The third-order valence-electron chi connectivity index (χ3n) is 0. The zero-order valence-corrected chi connectivity index (χ0v) is 3.84. The van der Waals surface area contributed by atoms with Crippen molar-refractivity contribution in [1.29, 1.82) is 0 Å². The van der Waals surface area contributed by atoms with E-state index in [1.54, 1.807) is 14.2 Å². The molecule has 0 spiro atoms. The fourth-order valence-corrected chi connectivity index (χ4v) is 0. The molecule has 0 rings (SSSR count). The van der Waals surface area contributed by atoms with Crippen LogP contribution in [0.1, 0.15) is 0 Å². The molecule has 0 aliphatic rings. The van der Waals surface area contributed by atoms with E-state index in [2.05, 4.69) is 4.74 Å². The first kappa shape index (κ1) is 9.06. The maximum absolute atomic E-state index is 8.36. The molecular weight excluding hydrogens is 84.0 g/mol. The van der Waals surface area contributed by atoms with Gasteiger partial charge in [0.2, 0.25) is 0 Å². The molecule has 0 radical (unpaired) electrons. The van der Waals surface area contributed by atoms with E-state index in [1.807, 2.05) is 0 Å². The van der Waals surface area contributed by atoms with Gasteiger partial charge in [0.05, 0.1) is 0 Å². The average Bonchev–Trinajstić information content (AvgIpc) is 1.39. The number of hydrogen-bond acceptors (Lipinski definition) is 2. The standard InChI is InChI=1S/C2H6O.CH2O2/c1-3-2;2-1-3/h1-2H3;1H,(H,2,3). The first-order chi connectivity index (χ1) is 2.83. The second kappa shape index (κ2) is 25.5. The van der Waals surface area contributed by atoms with Crippen LogP contribution in [-0.2, 0) is 9.53 Å². The lowest BCUT2D eigenvalue weighted by molar-refractivity contribution is -0.122. The molecule has 0 heterocycles. The molecule has 6 heavy (non-hydrogen) atoms. The molecular formula is C3H8O3. The first-order valence-corrected chi connectivity index (χ1v) is 1.31. The van der Waals surface area contributed by atoms with Crippen molar-refractivity contribution in [2.24, 2.45) is 0 Å². The van der Waals surface area contributed by atoms with Gasteiger partial charge in [-0.3, -0.25) is 4.79 Å². The van der Waals surface area contributed by atoms with E-state index in [1.165, 1.54) is 0 Å². The van der Waals surface area contributed by atoms with Gasteiger partial charge in [-0.05, 0) is 0 Å². The lowest BCUT2D eigenvalue weighted by Gasteiger charge is -1.61. The zero-order valence-electron chi connectivity index (χ0n) is 3.84. The largest absolute Gasteiger partial charge is 0.483 e. The summed E-state index contributed by atoms with van der Waals surface area (Å²) >= 11 is 0. The molecule has 38 valence electrons. The second-order valence-corrected chi connectivity index (χ2v) is 0.514. The minimum absolute atomic E-state index is 0.250. The average molecular weight is 92.1 g/mol. The Balaban J connectivity index is 0. The molecule has 0 bridgehead atoms. The number of carbonyl (C=O) groups is 1. The highest BCUT2D eigenvalue weighted by Gasteiger charge is 1.25. The summed E-state index contributed by atoms with van der Waals surface area (Å²) in [5, 5.41) is 6.89. The van der Waals surface area contributed by atoms with Crippen molar-refractivity contribution in [3.63, 3.8) is 0 Å². The predicted octanol–water partition coefficient (Wildman–Crippen LogP) is -0.0366. The molecule has 0 aromatic heterocycles. The van der Waals surface area contributed by atoms with Gasteiger partial charge in [-0.25, -0.2) is 0 Å². The minimum atomic E-state index is -0.250. The van der Waals surface area contributed by atoms with Crippen LogP contribution in [0.4, 0.5) is 0 Å². The highest BCUT2D eigenvalue weighted by Crippen LogP contribution is 1.28. The fourth-order valence-electron chi connectivity index (χ4n) is 0. The summed E-state index contributed by atoms with van der Waals surface area (Å²) in [5.41, 5.74) is 0. The Morgan fingerprint density at radius 3 is 1.67 bits per heavy atom. The highest BCUT2D eigenvalue weighted by molar-refractivity contribution is 5.32. The molecule has 3 nitrogen and oxygen atoms in total. The Bertz CT molecular complexity index is 20.0. The Kier molecular flexibility index (Phi) is 38.5. The van der Waals surface area contributed by atoms with Crippen LogP contribution in [0.3, 0.4) is 0 Å². The molecule has 0 amide bonds. The van der Waals surface area contributed by atoms with Crippen molar-refractivity contribution < 1.29 is 14.6 Å². The highest BCUT2D eigenvalue weighted by atomic mass is 16.4. The molecule has 0 saturated heterocycles. The first-order valence-electron chi connectivity index (χ1n) is 1.31. The van der Waals surface area contributed by atoms with Crippen molar-refractivity contribution in [2.75, 3.05) is 14.2 Å². The Hall–Kier alpha value is -0.570. The van der Waals surface area contributed by atoms with Gasteiger partial charge < -0.3 is 9.84 Å². The van der Waals surface area contributed by atoms with Gasteiger partial charge in [0, 0.05) is 14.2 Å². The molecule has 0 aromatic rings. The SMILES string of the molecule is COC.O=CO. The van der Waals surface area contributed by atoms with E-state index >= 15 is 0 Å². The van der Waals surface area contributed by atoms with E-state index in [0.717, 1.165) is 0 Å². The van der Waals surface area contributed by atoms with E-state index < -0.39 is 0 Å². The smallest absolute Gasteiger partial charge is 0.290 e. The van der Waals surface area contributed by atoms with Gasteiger partial charge in [-0.1, -0.05) is 0 Å². The molecule has 0 saturated carbocycles.